The molecule has 0 aromatic heterocycles. The van der Waals surface area contributed by atoms with Gasteiger partial charge in [-0.2, -0.15) is 0 Å². The summed E-state index contributed by atoms with van der Waals surface area (Å²) in [4.78, 5) is 11.7. The highest BCUT2D eigenvalue weighted by atomic mass is 35.5. The van der Waals surface area contributed by atoms with E-state index >= 15 is 0 Å². The van der Waals surface area contributed by atoms with Crippen LogP contribution in [-0.2, 0) is 22.6 Å². The van der Waals surface area contributed by atoms with E-state index < -0.39 is 27.5 Å². The van der Waals surface area contributed by atoms with Crippen LogP contribution in [0.3, 0.4) is 0 Å². The molecule has 0 radical (unpaired) electrons. The Labute approximate surface area is 152 Å². The summed E-state index contributed by atoms with van der Waals surface area (Å²) in [5, 5.41) is 10.3. The standard InChI is InChI=1S/C18H26ClNO3S/c1-17(2,3)24(23)20-12-18(4,16(21)22)10-9-15(20)11-13-5-7-14(19)8-6-13/h5-8,15H,9-12H2,1-4H3,(H,21,22)/t15-,18?,24+/m1/s1. The van der Waals surface area contributed by atoms with E-state index in [0.717, 1.165) is 12.0 Å². The van der Waals surface area contributed by atoms with Crippen molar-refractivity contribution in [3.05, 3.63) is 34.9 Å². The van der Waals surface area contributed by atoms with Crippen molar-refractivity contribution < 1.29 is 14.5 Å². The van der Waals surface area contributed by atoms with Crippen LogP contribution in [0.25, 0.3) is 0 Å². The SMILES string of the molecule is CC1(C(=O)O)CC[C@H](Cc2ccc(Cl)cc2)N([S@@+]([O-])C(C)(C)C)C1. The van der Waals surface area contributed by atoms with Gasteiger partial charge in [-0.1, -0.05) is 23.7 Å². The van der Waals surface area contributed by atoms with Crippen LogP contribution in [0.5, 0.6) is 0 Å². The maximum atomic E-state index is 13.0. The first-order valence-electron chi connectivity index (χ1n) is 8.19. The van der Waals surface area contributed by atoms with Gasteiger partial charge in [0.15, 0.2) is 0 Å². The first-order valence-corrected chi connectivity index (χ1v) is 9.68. The Morgan fingerprint density at radius 3 is 2.50 bits per heavy atom. The number of nitrogens with zero attached hydrogens (tertiary/aromatic N) is 1. The molecule has 0 saturated carbocycles. The van der Waals surface area contributed by atoms with Crippen molar-refractivity contribution in [2.75, 3.05) is 6.54 Å². The molecule has 1 aromatic rings. The van der Waals surface area contributed by atoms with E-state index in [0.29, 0.717) is 24.4 Å². The van der Waals surface area contributed by atoms with Gasteiger partial charge in [0.25, 0.3) is 0 Å². The number of piperidine rings is 1. The lowest BCUT2D eigenvalue weighted by molar-refractivity contribution is -0.150. The fourth-order valence-corrected chi connectivity index (χ4v) is 4.68. The molecule has 134 valence electrons. The largest absolute Gasteiger partial charge is 0.597 e. The third-order valence-electron chi connectivity index (χ3n) is 4.58. The van der Waals surface area contributed by atoms with Gasteiger partial charge in [-0.3, -0.25) is 4.79 Å². The number of carbonyl (C=O) groups is 1. The number of rotatable bonds is 4. The van der Waals surface area contributed by atoms with Crippen molar-refractivity contribution in [3.8, 4) is 0 Å². The molecule has 3 atom stereocenters. The molecular weight excluding hydrogens is 346 g/mol. The molecule has 0 bridgehead atoms. The average molecular weight is 372 g/mol. The summed E-state index contributed by atoms with van der Waals surface area (Å²) in [7, 11) is 0. The number of carboxylic acids is 1. The number of benzene rings is 1. The van der Waals surface area contributed by atoms with E-state index in [2.05, 4.69) is 0 Å². The quantitative estimate of drug-likeness (QED) is 0.815. The van der Waals surface area contributed by atoms with E-state index in [1.54, 1.807) is 6.92 Å². The summed E-state index contributed by atoms with van der Waals surface area (Å²) in [6.45, 7) is 7.84. The van der Waals surface area contributed by atoms with Crippen LogP contribution >= 0.6 is 11.6 Å². The van der Waals surface area contributed by atoms with Gasteiger partial charge in [-0.25, -0.2) is 0 Å². The molecule has 1 aromatic carbocycles. The average Bonchev–Trinajstić information content (AvgIpc) is 2.49. The van der Waals surface area contributed by atoms with Crippen LogP contribution in [0.2, 0.25) is 5.02 Å². The van der Waals surface area contributed by atoms with Gasteiger partial charge in [0.05, 0.1) is 18.0 Å². The molecule has 1 saturated heterocycles. The third-order valence-corrected chi connectivity index (χ3v) is 6.73. The molecule has 1 aliphatic heterocycles. The summed E-state index contributed by atoms with van der Waals surface area (Å²) in [6.07, 6.45) is 2.06. The van der Waals surface area contributed by atoms with E-state index in [1.165, 1.54) is 0 Å². The fourth-order valence-electron chi connectivity index (χ4n) is 3.00. The van der Waals surface area contributed by atoms with Gasteiger partial charge >= 0.3 is 5.97 Å². The van der Waals surface area contributed by atoms with Crippen LogP contribution in [0.15, 0.2) is 24.3 Å². The summed E-state index contributed by atoms with van der Waals surface area (Å²) in [5.74, 6) is -0.816. The predicted molar refractivity (Wildman–Crippen MR) is 98.5 cm³/mol. The molecular formula is C18H26ClNO3S. The second-order valence-electron chi connectivity index (χ2n) is 7.83. The lowest BCUT2D eigenvalue weighted by Gasteiger charge is -2.45. The van der Waals surface area contributed by atoms with Crippen molar-refractivity contribution >= 4 is 28.9 Å². The Kier molecular flexibility index (Phi) is 5.91. The van der Waals surface area contributed by atoms with Gasteiger partial charge in [0, 0.05) is 16.4 Å². The van der Waals surface area contributed by atoms with Crippen LogP contribution in [-0.4, -0.2) is 37.3 Å². The van der Waals surface area contributed by atoms with Crippen LogP contribution in [0.4, 0.5) is 0 Å². The van der Waals surface area contributed by atoms with Gasteiger partial charge in [0.1, 0.15) is 4.75 Å². The molecule has 6 heteroatoms. The lowest BCUT2D eigenvalue weighted by atomic mass is 9.79. The van der Waals surface area contributed by atoms with Crippen LogP contribution in [0.1, 0.15) is 46.1 Å². The summed E-state index contributed by atoms with van der Waals surface area (Å²) >= 11 is 4.69. The molecule has 2 rings (SSSR count). The normalized spacial score (nSPS) is 27.0. The Bertz CT molecular complexity index is 587. The summed E-state index contributed by atoms with van der Waals surface area (Å²) in [6, 6.07) is 7.73. The zero-order valence-corrected chi connectivity index (χ0v) is 16.3. The molecule has 0 amide bonds. The van der Waals surface area contributed by atoms with Crippen LogP contribution in [0, 0.1) is 5.41 Å². The minimum Gasteiger partial charge on any atom is -0.597 e. The maximum absolute atomic E-state index is 13.0. The first-order chi connectivity index (χ1) is 11.0. The van der Waals surface area contributed by atoms with Crippen molar-refractivity contribution in [2.45, 2.75) is 57.7 Å². The molecule has 1 heterocycles. The van der Waals surface area contributed by atoms with E-state index in [4.69, 9.17) is 11.6 Å². The molecule has 0 aliphatic carbocycles. The second-order valence-corrected chi connectivity index (χ2v) is 10.5. The highest BCUT2D eigenvalue weighted by Gasteiger charge is 2.48. The van der Waals surface area contributed by atoms with E-state index in [1.807, 2.05) is 49.3 Å². The smallest absolute Gasteiger partial charge is 0.310 e. The van der Waals surface area contributed by atoms with Crippen molar-refractivity contribution in [1.82, 2.24) is 4.31 Å². The number of hydrogen-bond acceptors (Lipinski definition) is 3. The lowest BCUT2D eigenvalue weighted by Crippen LogP contribution is -2.57. The Morgan fingerprint density at radius 2 is 2.00 bits per heavy atom. The Morgan fingerprint density at radius 1 is 1.42 bits per heavy atom. The fraction of sp³-hybridized carbons (Fsp3) is 0.611. The van der Waals surface area contributed by atoms with Gasteiger partial charge < -0.3 is 9.66 Å². The van der Waals surface area contributed by atoms with E-state index in [9.17, 15) is 14.5 Å². The van der Waals surface area contributed by atoms with Gasteiger partial charge in [-0.15, -0.1) is 4.31 Å². The van der Waals surface area contributed by atoms with Gasteiger partial charge in [0.2, 0.25) is 0 Å². The highest BCUT2D eigenvalue weighted by molar-refractivity contribution is 7.90. The maximum Gasteiger partial charge on any atom is 0.310 e. The van der Waals surface area contributed by atoms with E-state index in [-0.39, 0.29) is 6.04 Å². The van der Waals surface area contributed by atoms with Crippen molar-refractivity contribution in [1.29, 1.82) is 0 Å². The molecule has 0 spiro atoms. The molecule has 1 fully saturated rings. The predicted octanol–water partition coefficient (Wildman–Crippen LogP) is 3.90. The number of hydrogen-bond donors (Lipinski definition) is 1. The highest BCUT2D eigenvalue weighted by Crippen LogP contribution is 2.38. The van der Waals surface area contributed by atoms with Gasteiger partial charge in [-0.05, 0) is 64.7 Å². The molecule has 1 N–H and O–H groups in total. The first kappa shape index (κ1) is 19.6. The summed E-state index contributed by atoms with van der Waals surface area (Å²) in [5.41, 5.74) is 0.274. The second kappa shape index (κ2) is 7.24. The van der Waals surface area contributed by atoms with Crippen molar-refractivity contribution in [2.24, 2.45) is 5.41 Å². The Balaban J connectivity index is 2.24. The minimum atomic E-state index is -1.25. The topological polar surface area (TPSA) is 63.6 Å². The molecule has 1 unspecified atom stereocenters. The minimum absolute atomic E-state index is 0.0682. The number of aliphatic carboxylic acids is 1. The zero-order chi connectivity index (χ0) is 18.1. The van der Waals surface area contributed by atoms with Crippen LogP contribution < -0.4 is 0 Å². The number of halogens is 1. The third kappa shape index (κ3) is 4.45. The number of carboxylic acid groups (broad SMARTS) is 1. The Hall–Kier alpha value is -0.750. The molecule has 24 heavy (non-hydrogen) atoms. The zero-order valence-electron chi connectivity index (χ0n) is 14.7. The molecule has 1 aliphatic rings. The summed E-state index contributed by atoms with van der Waals surface area (Å²) < 4.78 is 14.5. The van der Waals surface area contributed by atoms with Crippen molar-refractivity contribution in [3.63, 3.8) is 0 Å². The monoisotopic (exact) mass is 371 g/mol. The molecule has 4 nitrogen and oxygen atoms in total.